The third-order valence-corrected chi connectivity index (χ3v) is 9.04. The highest BCUT2D eigenvalue weighted by Crippen LogP contribution is 2.32. The molecule has 1 aliphatic carbocycles. The average molecular weight is 503 g/mol. The van der Waals surface area contributed by atoms with Gasteiger partial charge in [-0.25, -0.2) is 8.42 Å². The molecule has 0 spiro atoms. The summed E-state index contributed by atoms with van der Waals surface area (Å²) >= 11 is 3.40. The van der Waals surface area contributed by atoms with Gasteiger partial charge in [-0.05, 0) is 76.5 Å². The number of halogens is 1. The first-order chi connectivity index (χ1) is 14.9. The Bertz CT molecular complexity index is 1250. The summed E-state index contributed by atoms with van der Waals surface area (Å²) < 4.78 is 29.5. The van der Waals surface area contributed by atoms with E-state index in [4.69, 9.17) is 0 Å². The molecule has 0 saturated heterocycles. The Morgan fingerprint density at radius 3 is 2.52 bits per heavy atom. The molecule has 0 radical (unpaired) electrons. The summed E-state index contributed by atoms with van der Waals surface area (Å²) in [6.45, 7) is 2.15. The SMILES string of the molecule is CCc1ccc2[nH]c(=O)c(CN(C3CCCCC3)S(=O)(=O)c3ccccc3Br)cc2c1. The van der Waals surface area contributed by atoms with E-state index in [1.54, 1.807) is 28.6 Å². The van der Waals surface area contributed by atoms with Gasteiger partial charge in [0.05, 0.1) is 4.90 Å². The molecule has 164 valence electrons. The Hall–Kier alpha value is -1.96. The van der Waals surface area contributed by atoms with Crippen molar-refractivity contribution >= 4 is 36.9 Å². The van der Waals surface area contributed by atoms with Crippen molar-refractivity contribution in [2.45, 2.75) is 62.9 Å². The van der Waals surface area contributed by atoms with Crippen molar-refractivity contribution < 1.29 is 8.42 Å². The molecule has 1 N–H and O–H groups in total. The van der Waals surface area contributed by atoms with Gasteiger partial charge in [-0.3, -0.25) is 4.79 Å². The maximum absolute atomic E-state index is 13.7. The summed E-state index contributed by atoms with van der Waals surface area (Å²) in [6.07, 6.45) is 5.65. The van der Waals surface area contributed by atoms with Gasteiger partial charge < -0.3 is 4.98 Å². The van der Waals surface area contributed by atoms with Crippen molar-refractivity contribution in [3.63, 3.8) is 0 Å². The van der Waals surface area contributed by atoms with Gasteiger partial charge >= 0.3 is 0 Å². The molecule has 5 nitrogen and oxygen atoms in total. The van der Waals surface area contributed by atoms with Gasteiger partial charge in [-0.15, -0.1) is 0 Å². The number of aromatic amines is 1. The number of nitrogens with one attached hydrogen (secondary N) is 1. The summed E-state index contributed by atoms with van der Waals surface area (Å²) in [5.41, 5.74) is 2.18. The normalized spacial score (nSPS) is 15.6. The second-order valence-corrected chi connectivity index (χ2v) is 10.9. The molecule has 31 heavy (non-hydrogen) atoms. The Morgan fingerprint density at radius 1 is 1.06 bits per heavy atom. The van der Waals surface area contributed by atoms with Crippen molar-refractivity contribution in [1.29, 1.82) is 0 Å². The van der Waals surface area contributed by atoms with Gasteiger partial charge in [0.2, 0.25) is 10.0 Å². The summed E-state index contributed by atoms with van der Waals surface area (Å²) in [5.74, 6) is 0. The van der Waals surface area contributed by atoms with Gasteiger partial charge in [0, 0.05) is 28.1 Å². The van der Waals surface area contributed by atoms with Crippen LogP contribution in [0, 0.1) is 0 Å². The van der Waals surface area contributed by atoms with Crippen molar-refractivity contribution in [3.05, 3.63) is 74.5 Å². The Balaban J connectivity index is 1.79. The topological polar surface area (TPSA) is 70.2 Å². The molecule has 0 amide bonds. The van der Waals surface area contributed by atoms with Crippen LogP contribution in [0.15, 0.2) is 62.7 Å². The molecule has 2 aromatic carbocycles. The number of sulfonamides is 1. The predicted molar refractivity (Wildman–Crippen MR) is 128 cm³/mol. The molecule has 7 heteroatoms. The fourth-order valence-electron chi connectivity index (χ4n) is 4.37. The van der Waals surface area contributed by atoms with Crippen LogP contribution >= 0.6 is 15.9 Å². The van der Waals surface area contributed by atoms with Crippen LogP contribution in [0.25, 0.3) is 10.9 Å². The maximum atomic E-state index is 13.7. The van der Waals surface area contributed by atoms with E-state index in [1.807, 2.05) is 18.2 Å². The minimum atomic E-state index is -3.78. The summed E-state index contributed by atoms with van der Waals surface area (Å²) in [5, 5.41) is 0.927. The smallest absolute Gasteiger partial charge is 0.252 e. The quantitative estimate of drug-likeness (QED) is 0.491. The van der Waals surface area contributed by atoms with Crippen LogP contribution in [0.1, 0.15) is 50.2 Å². The second-order valence-electron chi connectivity index (χ2n) is 8.17. The minimum absolute atomic E-state index is 0.0654. The number of benzene rings is 2. The Morgan fingerprint density at radius 2 is 1.81 bits per heavy atom. The van der Waals surface area contributed by atoms with Gasteiger partial charge in [-0.1, -0.05) is 44.4 Å². The molecule has 1 heterocycles. The molecule has 0 bridgehead atoms. The number of nitrogens with zero attached hydrogens (tertiary/aromatic N) is 1. The van der Waals surface area contributed by atoms with Crippen molar-refractivity contribution in [3.8, 4) is 0 Å². The highest BCUT2D eigenvalue weighted by molar-refractivity contribution is 9.10. The van der Waals surface area contributed by atoms with E-state index in [1.165, 1.54) is 5.56 Å². The molecule has 1 saturated carbocycles. The molecule has 1 aliphatic rings. The number of aromatic nitrogens is 1. The average Bonchev–Trinajstić information content (AvgIpc) is 2.78. The van der Waals surface area contributed by atoms with E-state index in [0.717, 1.165) is 49.4 Å². The van der Waals surface area contributed by atoms with E-state index in [9.17, 15) is 13.2 Å². The van der Waals surface area contributed by atoms with Crippen LogP contribution in [0.3, 0.4) is 0 Å². The van der Waals surface area contributed by atoms with Crippen LogP contribution in [-0.4, -0.2) is 23.7 Å². The Kier molecular flexibility index (Phi) is 6.65. The fourth-order valence-corrected chi connectivity index (χ4v) is 6.99. The monoisotopic (exact) mass is 502 g/mol. The first-order valence-corrected chi connectivity index (χ1v) is 13.0. The van der Waals surface area contributed by atoms with Gasteiger partial charge in [0.15, 0.2) is 0 Å². The first kappa shape index (κ1) is 22.2. The van der Waals surface area contributed by atoms with E-state index >= 15 is 0 Å². The van der Waals surface area contributed by atoms with E-state index in [-0.39, 0.29) is 23.0 Å². The lowest BCUT2D eigenvalue weighted by atomic mass is 9.95. The number of rotatable bonds is 6. The molecule has 1 fully saturated rings. The molecule has 0 unspecified atom stereocenters. The second kappa shape index (κ2) is 9.27. The van der Waals surface area contributed by atoms with Crippen LogP contribution in [-0.2, 0) is 23.0 Å². The maximum Gasteiger partial charge on any atom is 0.252 e. The largest absolute Gasteiger partial charge is 0.322 e. The molecular weight excluding hydrogens is 476 g/mol. The number of pyridine rings is 1. The number of hydrogen-bond acceptors (Lipinski definition) is 3. The summed E-state index contributed by atoms with van der Waals surface area (Å²) in [4.78, 5) is 16.0. The first-order valence-electron chi connectivity index (χ1n) is 10.8. The molecule has 1 aromatic heterocycles. The van der Waals surface area contributed by atoms with Crippen LogP contribution in [0.5, 0.6) is 0 Å². The molecule has 4 rings (SSSR count). The van der Waals surface area contributed by atoms with Crippen molar-refractivity contribution in [1.82, 2.24) is 9.29 Å². The standard InChI is InChI=1S/C24H27BrN2O3S/c1-2-17-12-13-22-18(14-17)15-19(24(28)26-22)16-27(20-8-4-3-5-9-20)31(29,30)23-11-7-6-10-21(23)25/h6-7,10-15,20H,2-5,8-9,16H2,1H3,(H,26,28). The molecule has 3 aromatic rings. The number of hydrogen-bond donors (Lipinski definition) is 1. The van der Waals surface area contributed by atoms with E-state index in [2.05, 4.69) is 33.9 Å². The van der Waals surface area contributed by atoms with Gasteiger partial charge in [0.1, 0.15) is 0 Å². The third-order valence-electron chi connectivity index (χ3n) is 6.13. The Labute approximate surface area is 191 Å². The summed E-state index contributed by atoms with van der Waals surface area (Å²) in [6, 6.07) is 14.6. The molecular formula is C24H27BrN2O3S. The summed E-state index contributed by atoms with van der Waals surface area (Å²) in [7, 11) is -3.78. The van der Waals surface area contributed by atoms with Gasteiger partial charge in [0.25, 0.3) is 5.56 Å². The molecule has 0 atom stereocenters. The zero-order valence-electron chi connectivity index (χ0n) is 17.6. The van der Waals surface area contributed by atoms with Crippen LogP contribution in [0.4, 0.5) is 0 Å². The highest BCUT2D eigenvalue weighted by Gasteiger charge is 2.34. The number of aryl methyl sites for hydroxylation is 1. The lowest BCUT2D eigenvalue weighted by molar-refractivity contribution is 0.247. The zero-order chi connectivity index (χ0) is 22.0. The predicted octanol–water partition coefficient (Wildman–Crippen LogP) is 5.38. The lowest BCUT2D eigenvalue weighted by Gasteiger charge is -2.33. The third kappa shape index (κ3) is 4.64. The van der Waals surface area contributed by atoms with Crippen molar-refractivity contribution in [2.75, 3.05) is 0 Å². The van der Waals surface area contributed by atoms with Crippen molar-refractivity contribution in [2.24, 2.45) is 0 Å². The lowest BCUT2D eigenvalue weighted by Crippen LogP contribution is -2.42. The number of H-pyrrole nitrogens is 1. The zero-order valence-corrected chi connectivity index (χ0v) is 20.0. The number of fused-ring (bicyclic) bond motifs is 1. The minimum Gasteiger partial charge on any atom is -0.322 e. The fraction of sp³-hybridized carbons (Fsp3) is 0.375. The van der Waals surface area contributed by atoms with Crippen LogP contribution < -0.4 is 5.56 Å². The van der Waals surface area contributed by atoms with E-state index < -0.39 is 10.0 Å². The van der Waals surface area contributed by atoms with E-state index in [0.29, 0.717) is 10.0 Å². The highest BCUT2D eigenvalue weighted by atomic mass is 79.9. The molecule has 0 aliphatic heterocycles. The van der Waals surface area contributed by atoms with Gasteiger partial charge in [-0.2, -0.15) is 4.31 Å². The van der Waals surface area contributed by atoms with Crippen LogP contribution in [0.2, 0.25) is 0 Å².